The molecule has 0 aliphatic heterocycles. The summed E-state index contributed by atoms with van der Waals surface area (Å²) < 4.78 is 2.08. The van der Waals surface area contributed by atoms with Crippen LogP contribution >= 0.6 is 0 Å². The Balaban J connectivity index is 1.73. The molecule has 0 spiro atoms. The van der Waals surface area contributed by atoms with Crippen LogP contribution in [0.15, 0.2) is 12.4 Å². The molecule has 1 saturated carbocycles. The summed E-state index contributed by atoms with van der Waals surface area (Å²) in [5, 5.41) is 3.11. The molecule has 118 valence electrons. The van der Waals surface area contributed by atoms with Crippen molar-refractivity contribution in [3.05, 3.63) is 18.2 Å². The lowest BCUT2D eigenvalue weighted by Crippen LogP contribution is -2.33. The van der Waals surface area contributed by atoms with Gasteiger partial charge >= 0.3 is 0 Å². The highest BCUT2D eigenvalue weighted by molar-refractivity contribution is 5.78. The Morgan fingerprint density at radius 3 is 2.38 bits per heavy atom. The van der Waals surface area contributed by atoms with Crippen LogP contribution in [0.5, 0.6) is 0 Å². The van der Waals surface area contributed by atoms with Gasteiger partial charge in [-0.1, -0.05) is 44.9 Å². The van der Waals surface area contributed by atoms with Crippen LogP contribution in [-0.2, 0) is 11.3 Å². The quantitative estimate of drug-likeness (QED) is 0.923. The number of hydrogen-bond acceptors (Lipinski definition) is 2. The van der Waals surface area contributed by atoms with Gasteiger partial charge in [0.2, 0.25) is 5.91 Å². The van der Waals surface area contributed by atoms with Crippen LogP contribution in [0, 0.1) is 12.8 Å². The summed E-state index contributed by atoms with van der Waals surface area (Å²) in [6.45, 7) is 3.50. The van der Waals surface area contributed by atoms with E-state index in [0.29, 0.717) is 6.54 Å². The normalized spacial score (nSPS) is 18.3. The fraction of sp³-hybridized carbons (Fsp3) is 0.765. The highest BCUT2D eigenvalue weighted by Crippen LogP contribution is 2.21. The number of imidazole rings is 1. The molecule has 1 aliphatic carbocycles. The van der Waals surface area contributed by atoms with Gasteiger partial charge in [0.05, 0.1) is 0 Å². The lowest BCUT2D eigenvalue weighted by molar-refractivity contribution is -0.125. The number of carbonyl (C=O) groups is 1. The van der Waals surface area contributed by atoms with Crippen molar-refractivity contribution in [1.82, 2.24) is 14.9 Å². The summed E-state index contributed by atoms with van der Waals surface area (Å²) in [5.74, 6) is 1.49. The summed E-state index contributed by atoms with van der Waals surface area (Å²) in [7, 11) is 0. The second-order valence-corrected chi connectivity index (χ2v) is 6.21. The van der Waals surface area contributed by atoms with Gasteiger partial charge in [0.1, 0.15) is 5.82 Å². The molecular weight excluding hydrogens is 262 g/mol. The minimum atomic E-state index is 0.229. The van der Waals surface area contributed by atoms with Crippen molar-refractivity contribution < 1.29 is 4.79 Å². The van der Waals surface area contributed by atoms with Gasteiger partial charge in [0.25, 0.3) is 0 Å². The summed E-state index contributed by atoms with van der Waals surface area (Å²) in [6, 6.07) is 0. The number of nitrogens with zero attached hydrogens (tertiary/aromatic N) is 2. The highest BCUT2D eigenvalue weighted by atomic mass is 16.1. The van der Waals surface area contributed by atoms with Crippen LogP contribution in [0.3, 0.4) is 0 Å². The third-order valence-corrected chi connectivity index (χ3v) is 4.55. The van der Waals surface area contributed by atoms with Gasteiger partial charge in [0, 0.05) is 31.4 Å². The van der Waals surface area contributed by atoms with Crippen LogP contribution in [0.2, 0.25) is 0 Å². The minimum Gasteiger partial charge on any atom is -0.354 e. The molecule has 0 aromatic carbocycles. The average Bonchev–Trinajstić information content (AvgIpc) is 2.90. The van der Waals surface area contributed by atoms with Gasteiger partial charge in [0.15, 0.2) is 0 Å². The van der Waals surface area contributed by atoms with Crippen molar-refractivity contribution in [2.45, 2.75) is 71.3 Å². The van der Waals surface area contributed by atoms with E-state index in [-0.39, 0.29) is 11.8 Å². The first-order chi connectivity index (χ1) is 10.3. The van der Waals surface area contributed by atoms with Crippen molar-refractivity contribution in [1.29, 1.82) is 0 Å². The first-order valence-electron chi connectivity index (χ1n) is 8.53. The number of rotatable bonds is 4. The van der Waals surface area contributed by atoms with Crippen molar-refractivity contribution in [3.8, 4) is 0 Å². The topological polar surface area (TPSA) is 46.9 Å². The molecule has 0 radical (unpaired) electrons. The van der Waals surface area contributed by atoms with Crippen LogP contribution in [0.1, 0.15) is 63.6 Å². The zero-order valence-corrected chi connectivity index (χ0v) is 13.3. The van der Waals surface area contributed by atoms with E-state index in [1.807, 2.05) is 13.1 Å². The zero-order valence-electron chi connectivity index (χ0n) is 13.3. The largest absolute Gasteiger partial charge is 0.354 e. The van der Waals surface area contributed by atoms with E-state index in [4.69, 9.17) is 0 Å². The zero-order chi connectivity index (χ0) is 14.9. The van der Waals surface area contributed by atoms with Gasteiger partial charge in [-0.05, 0) is 19.8 Å². The predicted molar refractivity (Wildman–Crippen MR) is 85.0 cm³/mol. The molecule has 1 amide bonds. The van der Waals surface area contributed by atoms with E-state index < -0.39 is 0 Å². The number of carbonyl (C=O) groups excluding carboxylic acids is 1. The van der Waals surface area contributed by atoms with Crippen LogP contribution in [0.4, 0.5) is 0 Å². The molecule has 1 aliphatic rings. The average molecular weight is 291 g/mol. The van der Waals surface area contributed by atoms with Gasteiger partial charge in [-0.2, -0.15) is 0 Å². The molecule has 2 rings (SSSR count). The second-order valence-electron chi connectivity index (χ2n) is 6.21. The lowest BCUT2D eigenvalue weighted by Gasteiger charge is -2.18. The first kappa shape index (κ1) is 16.1. The van der Waals surface area contributed by atoms with E-state index in [1.165, 1.54) is 44.9 Å². The Morgan fingerprint density at radius 1 is 1.19 bits per heavy atom. The fourth-order valence-electron chi connectivity index (χ4n) is 3.16. The highest BCUT2D eigenvalue weighted by Gasteiger charge is 2.17. The van der Waals surface area contributed by atoms with Gasteiger partial charge in [-0.25, -0.2) is 4.98 Å². The SMILES string of the molecule is Cc1nccn1CCNC(=O)C1CCCCCCCCC1. The van der Waals surface area contributed by atoms with Gasteiger partial charge in [-0.15, -0.1) is 0 Å². The second kappa shape index (κ2) is 8.85. The third-order valence-electron chi connectivity index (χ3n) is 4.55. The van der Waals surface area contributed by atoms with Crippen LogP contribution in [-0.4, -0.2) is 22.0 Å². The number of hydrogen-bond donors (Lipinski definition) is 1. The smallest absolute Gasteiger partial charge is 0.223 e. The van der Waals surface area contributed by atoms with E-state index in [0.717, 1.165) is 25.2 Å². The molecule has 1 heterocycles. The Labute approximate surface area is 128 Å². The molecular formula is C17H29N3O. The molecule has 1 aromatic heterocycles. The van der Waals surface area contributed by atoms with E-state index in [2.05, 4.69) is 14.9 Å². The number of nitrogens with one attached hydrogen (secondary N) is 1. The monoisotopic (exact) mass is 291 g/mol. The van der Waals surface area contributed by atoms with Crippen LogP contribution < -0.4 is 5.32 Å². The number of aryl methyl sites for hydroxylation is 1. The predicted octanol–water partition coefficient (Wildman–Crippen LogP) is 3.45. The maximum absolute atomic E-state index is 12.3. The van der Waals surface area contributed by atoms with Crippen molar-refractivity contribution in [2.75, 3.05) is 6.54 Å². The van der Waals surface area contributed by atoms with Crippen molar-refractivity contribution >= 4 is 5.91 Å². The Hall–Kier alpha value is -1.32. The Kier molecular flexibility index (Phi) is 6.77. The molecule has 1 N–H and O–H groups in total. The Morgan fingerprint density at radius 2 is 1.81 bits per heavy atom. The lowest BCUT2D eigenvalue weighted by atomic mass is 9.91. The van der Waals surface area contributed by atoms with E-state index in [1.54, 1.807) is 6.20 Å². The van der Waals surface area contributed by atoms with Crippen molar-refractivity contribution in [2.24, 2.45) is 5.92 Å². The molecule has 1 fully saturated rings. The van der Waals surface area contributed by atoms with Gasteiger partial charge in [-0.3, -0.25) is 4.79 Å². The molecule has 0 atom stereocenters. The first-order valence-corrected chi connectivity index (χ1v) is 8.53. The van der Waals surface area contributed by atoms with E-state index >= 15 is 0 Å². The molecule has 1 aromatic rings. The molecule has 4 heteroatoms. The number of amides is 1. The third kappa shape index (κ3) is 5.52. The summed E-state index contributed by atoms with van der Waals surface area (Å²) in [5.41, 5.74) is 0. The molecule has 0 bridgehead atoms. The van der Waals surface area contributed by atoms with Crippen molar-refractivity contribution in [3.63, 3.8) is 0 Å². The maximum Gasteiger partial charge on any atom is 0.223 e. The summed E-state index contributed by atoms with van der Waals surface area (Å²) in [6.07, 6.45) is 15.0. The molecule has 0 saturated heterocycles. The molecule has 0 unspecified atom stereocenters. The standard InChI is InChI=1S/C17H29N3O/c1-15-18-11-13-20(15)14-12-19-17(21)16-9-7-5-3-2-4-6-8-10-16/h11,13,16H,2-10,12,14H2,1H3,(H,19,21). The summed E-state index contributed by atoms with van der Waals surface area (Å²) in [4.78, 5) is 16.5. The maximum atomic E-state index is 12.3. The molecule has 4 nitrogen and oxygen atoms in total. The van der Waals surface area contributed by atoms with E-state index in [9.17, 15) is 4.79 Å². The number of aromatic nitrogens is 2. The fourth-order valence-corrected chi connectivity index (χ4v) is 3.16. The van der Waals surface area contributed by atoms with Gasteiger partial charge < -0.3 is 9.88 Å². The summed E-state index contributed by atoms with van der Waals surface area (Å²) >= 11 is 0. The minimum absolute atomic E-state index is 0.229. The van der Waals surface area contributed by atoms with Crippen LogP contribution in [0.25, 0.3) is 0 Å². The molecule has 21 heavy (non-hydrogen) atoms. The Bertz CT molecular complexity index is 417.